The average molecular weight is 276 g/mol. The van der Waals surface area contributed by atoms with Crippen LogP contribution in [-0.4, -0.2) is 38.1 Å². The number of nitrogens with one attached hydrogen (secondary N) is 1. The minimum absolute atomic E-state index is 0.0281. The Kier molecular flexibility index (Phi) is 2.84. The van der Waals surface area contributed by atoms with Gasteiger partial charge in [0, 0.05) is 13.2 Å². The lowest BCUT2D eigenvalue weighted by Gasteiger charge is -2.42. The molecule has 2 heterocycles. The molecule has 3 rings (SSSR count). The smallest absolute Gasteiger partial charge is 0.248 e. The standard InChI is InChI=1S/C14H20N4O2/c1-14(2)13(20)18(8-10-6-7-17(3)16-10)11(9-4-5-9)12(19)15-14/h6-7,9,11H,4-5,8H2,1-3H3,(H,15,19). The number of rotatable bonds is 3. The normalized spacial score (nSPS) is 25.8. The number of hydrogen-bond donors (Lipinski definition) is 1. The van der Waals surface area contributed by atoms with Crippen molar-refractivity contribution in [2.75, 3.05) is 0 Å². The first-order valence-corrected chi connectivity index (χ1v) is 7.00. The molecule has 1 saturated heterocycles. The van der Waals surface area contributed by atoms with Gasteiger partial charge in [0.15, 0.2) is 0 Å². The molecule has 1 aliphatic carbocycles. The van der Waals surface area contributed by atoms with Gasteiger partial charge in [-0.25, -0.2) is 0 Å². The zero-order valence-corrected chi connectivity index (χ0v) is 12.1. The Bertz CT molecular complexity index is 559. The molecular weight excluding hydrogens is 256 g/mol. The van der Waals surface area contributed by atoms with Crippen molar-refractivity contribution in [3.05, 3.63) is 18.0 Å². The number of carbonyl (C=O) groups is 2. The van der Waals surface area contributed by atoms with Crippen LogP contribution >= 0.6 is 0 Å². The van der Waals surface area contributed by atoms with Crippen LogP contribution in [0.5, 0.6) is 0 Å². The Balaban J connectivity index is 1.89. The van der Waals surface area contributed by atoms with Gasteiger partial charge in [0.05, 0.1) is 12.2 Å². The lowest BCUT2D eigenvalue weighted by Crippen LogP contribution is -2.68. The summed E-state index contributed by atoms with van der Waals surface area (Å²) in [6, 6.07) is 1.55. The van der Waals surface area contributed by atoms with Crippen LogP contribution in [0, 0.1) is 5.92 Å². The fourth-order valence-corrected chi connectivity index (χ4v) is 2.83. The molecule has 1 unspecified atom stereocenters. The number of amides is 2. The summed E-state index contributed by atoms with van der Waals surface area (Å²) in [4.78, 5) is 26.6. The SMILES string of the molecule is Cn1ccc(CN2C(=O)C(C)(C)NC(=O)C2C2CC2)n1. The van der Waals surface area contributed by atoms with Crippen molar-refractivity contribution in [2.24, 2.45) is 13.0 Å². The van der Waals surface area contributed by atoms with Crippen molar-refractivity contribution in [1.29, 1.82) is 0 Å². The van der Waals surface area contributed by atoms with Crippen LogP contribution in [0.4, 0.5) is 0 Å². The van der Waals surface area contributed by atoms with E-state index in [4.69, 9.17) is 0 Å². The number of carbonyl (C=O) groups excluding carboxylic acids is 2. The summed E-state index contributed by atoms with van der Waals surface area (Å²) in [6.45, 7) is 3.90. The third-order valence-electron chi connectivity index (χ3n) is 4.01. The van der Waals surface area contributed by atoms with Crippen LogP contribution in [0.25, 0.3) is 0 Å². The molecule has 1 atom stereocenters. The second-order valence-electron chi connectivity index (χ2n) is 6.31. The van der Waals surface area contributed by atoms with Crippen molar-refractivity contribution in [3.8, 4) is 0 Å². The molecule has 0 radical (unpaired) electrons. The summed E-state index contributed by atoms with van der Waals surface area (Å²) < 4.78 is 1.71. The first kappa shape index (κ1) is 13.1. The van der Waals surface area contributed by atoms with Crippen molar-refractivity contribution in [1.82, 2.24) is 20.0 Å². The molecule has 6 heteroatoms. The van der Waals surface area contributed by atoms with Gasteiger partial charge in [0.2, 0.25) is 11.8 Å². The quantitative estimate of drug-likeness (QED) is 0.871. The van der Waals surface area contributed by atoms with E-state index in [1.165, 1.54) is 0 Å². The van der Waals surface area contributed by atoms with E-state index in [1.54, 1.807) is 23.4 Å². The highest BCUT2D eigenvalue weighted by atomic mass is 16.2. The molecule has 0 spiro atoms. The van der Waals surface area contributed by atoms with Gasteiger partial charge in [-0.15, -0.1) is 0 Å². The third kappa shape index (κ3) is 2.19. The maximum absolute atomic E-state index is 12.6. The number of aromatic nitrogens is 2. The van der Waals surface area contributed by atoms with Gasteiger partial charge in [-0.3, -0.25) is 14.3 Å². The molecule has 108 valence electrons. The molecule has 6 nitrogen and oxygen atoms in total. The zero-order valence-electron chi connectivity index (χ0n) is 12.1. The van der Waals surface area contributed by atoms with Crippen molar-refractivity contribution >= 4 is 11.8 Å². The van der Waals surface area contributed by atoms with Gasteiger partial charge in [-0.1, -0.05) is 0 Å². The van der Waals surface area contributed by atoms with E-state index in [2.05, 4.69) is 10.4 Å². The van der Waals surface area contributed by atoms with E-state index in [9.17, 15) is 9.59 Å². The molecule has 1 N–H and O–H groups in total. The molecule has 1 saturated carbocycles. The highest BCUT2D eigenvalue weighted by molar-refractivity contribution is 5.99. The van der Waals surface area contributed by atoms with Gasteiger partial charge in [-0.05, 0) is 38.7 Å². The number of piperazine rings is 1. The van der Waals surface area contributed by atoms with E-state index in [0.717, 1.165) is 18.5 Å². The average Bonchev–Trinajstić information content (AvgIpc) is 3.09. The van der Waals surface area contributed by atoms with Crippen LogP contribution in [0.3, 0.4) is 0 Å². The molecule has 20 heavy (non-hydrogen) atoms. The molecule has 1 aromatic heterocycles. The maximum Gasteiger partial charge on any atom is 0.248 e. The summed E-state index contributed by atoms with van der Waals surface area (Å²) in [6.07, 6.45) is 3.89. The van der Waals surface area contributed by atoms with Gasteiger partial charge < -0.3 is 10.2 Å². The molecule has 1 aromatic rings. The second kappa shape index (κ2) is 4.33. The zero-order chi connectivity index (χ0) is 14.5. The molecule has 0 bridgehead atoms. The monoisotopic (exact) mass is 276 g/mol. The summed E-state index contributed by atoms with van der Waals surface area (Å²) in [5.41, 5.74) is -0.0194. The van der Waals surface area contributed by atoms with Gasteiger partial charge in [0.25, 0.3) is 0 Å². The van der Waals surface area contributed by atoms with E-state index in [0.29, 0.717) is 12.5 Å². The minimum atomic E-state index is -0.836. The predicted molar refractivity (Wildman–Crippen MR) is 72.5 cm³/mol. The fraction of sp³-hybridized carbons (Fsp3) is 0.643. The van der Waals surface area contributed by atoms with E-state index in [1.807, 2.05) is 19.3 Å². The van der Waals surface area contributed by atoms with Crippen LogP contribution in [-0.2, 0) is 23.2 Å². The molecule has 0 aromatic carbocycles. The van der Waals surface area contributed by atoms with Crippen LogP contribution in [0.15, 0.2) is 12.3 Å². The van der Waals surface area contributed by atoms with Gasteiger partial charge >= 0.3 is 0 Å². The first-order valence-electron chi connectivity index (χ1n) is 7.00. The number of aryl methyl sites for hydroxylation is 1. The van der Waals surface area contributed by atoms with Crippen LogP contribution in [0.2, 0.25) is 0 Å². The Morgan fingerprint density at radius 1 is 1.40 bits per heavy atom. The predicted octanol–water partition coefficient (Wildman–Crippen LogP) is 0.436. The summed E-state index contributed by atoms with van der Waals surface area (Å²) in [5, 5.41) is 7.16. The minimum Gasteiger partial charge on any atom is -0.340 e. The molecule has 1 aliphatic heterocycles. The third-order valence-corrected chi connectivity index (χ3v) is 4.01. The van der Waals surface area contributed by atoms with Gasteiger partial charge in [-0.2, -0.15) is 5.10 Å². The van der Waals surface area contributed by atoms with E-state index in [-0.39, 0.29) is 17.9 Å². The van der Waals surface area contributed by atoms with Crippen molar-refractivity contribution in [2.45, 2.75) is 44.8 Å². The second-order valence-corrected chi connectivity index (χ2v) is 6.31. The Hall–Kier alpha value is -1.85. The van der Waals surface area contributed by atoms with Crippen LogP contribution < -0.4 is 5.32 Å². The summed E-state index contributed by atoms with van der Waals surface area (Å²) in [7, 11) is 1.84. The number of nitrogens with zero attached hydrogens (tertiary/aromatic N) is 3. The van der Waals surface area contributed by atoms with E-state index < -0.39 is 5.54 Å². The fourth-order valence-electron chi connectivity index (χ4n) is 2.83. The Labute approximate surface area is 118 Å². The van der Waals surface area contributed by atoms with Gasteiger partial charge in [0.1, 0.15) is 11.6 Å². The molecular formula is C14H20N4O2. The van der Waals surface area contributed by atoms with Crippen molar-refractivity contribution in [3.63, 3.8) is 0 Å². The Morgan fingerprint density at radius 3 is 2.65 bits per heavy atom. The van der Waals surface area contributed by atoms with E-state index >= 15 is 0 Å². The largest absolute Gasteiger partial charge is 0.340 e. The summed E-state index contributed by atoms with van der Waals surface area (Å²) in [5.74, 6) is 0.242. The highest BCUT2D eigenvalue weighted by Gasteiger charge is 2.50. The topological polar surface area (TPSA) is 67.2 Å². The highest BCUT2D eigenvalue weighted by Crippen LogP contribution is 2.38. The van der Waals surface area contributed by atoms with Crippen LogP contribution in [0.1, 0.15) is 32.4 Å². The lowest BCUT2D eigenvalue weighted by molar-refractivity contribution is -0.155. The van der Waals surface area contributed by atoms with Crippen molar-refractivity contribution < 1.29 is 9.59 Å². The Morgan fingerprint density at radius 2 is 2.10 bits per heavy atom. The first-order chi connectivity index (χ1) is 9.38. The molecule has 2 fully saturated rings. The molecule has 2 amide bonds. The lowest BCUT2D eigenvalue weighted by atomic mass is 9.94. The summed E-state index contributed by atoms with van der Waals surface area (Å²) >= 11 is 0. The maximum atomic E-state index is 12.6. The number of hydrogen-bond acceptors (Lipinski definition) is 3. The molecule has 2 aliphatic rings.